The third-order valence-corrected chi connectivity index (χ3v) is 5.91. The van der Waals surface area contributed by atoms with Crippen LogP contribution >= 0.6 is 11.3 Å². The highest BCUT2D eigenvalue weighted by Gasteiger charge is 2.25. The van der Waals surface area contributed by atoms with E-state index < -0.39 is 0 Å². The Bertz CT molecular complexity index is 1240. The zero-order valence-electron chi connectivity index (χ0n) is 16.8. The Hall–Kier alpha value is -3.21. The molecule has 30 heavy (non-hydrogen) atoms. The van der Waals surface area contributed by atoms with E-state index in [4.69, 9.17) is 4.74 Å². The standard InChI is InChI=1S/C23H21N5OS/c1-15(2)29-9-3-4-19-11-18(14-30-19)22-21-12-17-6-5-16(13-28-8-7-24-27-28)10-20(17)23(21)26-25-22/h5-8,10-11,14-15H,9,12-13H2,1-2H3,(H,25,26). The first-order valence-electron chi connectivity index (χ1n) is 9.90. The number of thiophene rings is 1. The summed E-state index contributed by atoms with van der Waals surface area (Å²) in [6.07, 6.45) is 4.66. The second-order valence-electron chi connectivity index (χ2n) is 7.56. The smallest absolute Gasteiger partial charge is 0.108 e. The van der Waals surface area contributed by atoms with E-state index in [9.17, 15) is 0 Å². The van der Waals surface area contributed by atoms with Crippen molar-refractivity contribution in [3.05, 3.63) is 63.6 Å². The Labute approximate surface area is 178 Å². The van der Waals surface area contributed by atoms with Crippen molar-refractivity contribution in [1.29, 1.82) is 0 Å². The number of fused-ring (bicyclic) bond motifs is 3. The number of nitrogens with one attached hydrogen (secondary N) is 1. The van der Waals surface area contributed by atoms with Crippen molar-refractivity contribution < 1.29 is 4.74 Å². The molecule has 1 N–H and O–H groups in total. The highest BCUT2D eigenvalue weighted by atomic mass is 32.1. The molecule has 0 unspecified atom stereocenters. The van der Waals surface area contributed by atoms with E-state index in [0.29, 0.717) is 13.2 Å². The second kappa shape index (κ2) is 7.90. The molecule has 0 atom stereocenters. The fourth-order valence-electron chi connectivity index (χ4n) is 3.66. The second-order valence-corrected chi connectivity index (χ2v) is 8.47. The largest absolute Gasteiger partial charge is 0.366 e. The topological polar surface area (TPSA) is 68.6 Å². The number of H-pyrrole nitrogens is 1. The van der Waals surface area contributed by atoms with Gasteiger partial charge in [-0.1, -0.05) is 29.2 Å². The summed E-state index contributed by atoms with van der Waals surface area (Å²) in [6, 6.07) is 8.71. The number of aromatic nitrogens is 5. The Morgan fingerprint density at radius 3 is 3.07 bits per heavy atom. The Balaban J connectivity index is 1.38. The minimum atomic E-state index is 0.197. The van der Waals surface area contributed by atoms with Crippen LogP contribution in [0.15, 0.2) is 42.0 Å². The molecule has 4 aromatic rings. The van der Waals surface area contributed by atoms with Gasteiger partial charge in [-0.3, -0.25) is 5.10 Å². The first kappa shape index (κ1) is 18.8. The number of hydrogen-bond acceptors (Lipinski definition) is 5. The van der Waals surface area contributed by atoms with Gasteiger partial charge < -0.3 is 4.74 Å². The van der Waals surface area contributed by atoms with Crippen LogP contribution in [0.25, 0.3) is 22.5 Å². The summed E-state index contributed by atoms with van der Waals surface area (Å²) in [5, 5.41) is 18.0. The molecule has 1 aliphatic carbocycles. The van der Waals surface area contributed by atoms with Crippen LogP contribution in [0.5, 0.6) is 0 Å². The molecule has 150 valence electrons. The maximum absolute atomic E-state index is 5.49. The van der Waals surface area contributed by atoms with E-state index in [2.05, 4.69) is 62.0 Å². The third kappa shape index (κ3) is 3.67. The monoisotopic (exact) mass is 415 g/mol. The molecule has 0 saturated carbocycles. The molecule has 0 radical (unpaired) electrons. The van der Waals surface area contributed by atoms with Crippen LogP contribution < -0.4 is 0 Å². The van der Waals surface area contributed by atoms with E-state index in [1.807, 2.05) is 24.7 Å². The van der Waals surface area contributed by atoms with Crippen molar-refractivity contribution in [2.24, 2.45) is 0 Å². The lowest BCUT2D eigenvalue weighted by atomic mass is 10.1. The zero-order chi connectivity index (χ0) is 20.5. The van der Waals surface area contributed by atoms with Crippen molar-refractivity contribution in [2.45, 2.75) is 32.9 Å². The van der Waals surface area contributed by atoms with Gasteiger partial charge in [0.1, 0.15) is 6.61 Å². The molecule has 6 nitrogen and oxygen atoms in total. The lowest BCUT2D eigenvalue weighted by Crippen LogP contribution is -2.01. The lowest BCUT2D eigenvalue weighted by Gasteiger charge is -2.05. The van der Waals surface area contributed by atoms with Gasteiger partial charge in [-0.25, -0.2) is 4.68 Å². The number of aromatic amines is 1. The first-order valence-corrected chi connectivity index (χ1v) is 10.8. The summed E-state index contributed by atoms with van der Waals surface area (Å²) in [6.45, 7) is 5.18. The fraction of sp³-hybridized carbons (Fsp3) is 0.261. The summed E-state index contributed by atoms with van der Waals surface area (Å²) < 4.78 is 7.32. The van der Waals surface area contributed by atoms with Crippen molar-refractivity contribution in [2.75, 3.05) is 6.61 Å². The van der Waals surface area contributed by atoms with Gasteiger partial charge in [0, 0.05) is 34.7 Å². The Kier molecular flexibility index (Phi) is 4.95. The van der Waals surface area contributed by atoms with Crippen molar-refractivity contribution in [3.8, 4) is 34.4 Å². The number of nitrogens with zero attached hydrogens (tertiary/aromatic N) is 4. The third-order valence-electron chi connectivity index (χ3n) is 5.07. The first-order chi connectivity index (χ1) is 14.7. The lowest BCUT2D eigenvalue weighted by molar-refractivity contribution is 0.107. The molecular formula is C23H21N5OS. The molecule has 7 heteroatoms. The Morgan fingerprint density at radius 2 is 2.23 bits per heavy atom. The van der Waals surface area contributed by atoms with E-state index in [1.165, 1.54) is 22.3 Å². The van der Waals surface area contributed by atoms with Crippen molar-refractivity contribution >= 4 is 11.3 Å². The SMILES string of the molecule is CC(C)OCC#Cc1cc(-c2n[nH]c3c2Cc2ccc(Cn4ccnn4)cc2-3)cs1. The van der Waals surface area contributed by atoms with Gasteiger partial charge >= 0.3 is 0 Å². The summed E-state index contributed by atoms with van der Waals surface area (Å²) >= 11 is 1.64. The summed E-state index contributed by atoms with van der Waals surface area (Å²) in [5.74, 6) is 6.27. The summed E-state index contributed by atoms with van der Waals surface area (Å²) in [5.41, 5.74) is 8.24. The molecular weight excluding hydrogens is 394 g/mol. The molecule has 0 fully saturated rings. The highest BCUT2D eigenvalue weighted by Crippen LogP contribution is 2.41. The maximum Gasteiger partial charge on any atom is 0.108 e. The van der Waals surface area contributed by atoms with Gasteiger partial charge in [0.25, 0.3) is 0 Å². The van der Waals surface area contributed by atoms with Gasteiger partial charge in [-0.2, -0.15) is 5.10 Å². The van der Waals surface area contributed by atoms with E-state index in [-0.39, 0.29) is 6.10 Å². The maximum atomic E-state index is 5.49. The summed E-state index contributed by atoms with van der Waals surface area (Å²) in [7, 11) is 0. The quantitative estimate of drug-likeness (QED) is 0.438. The van der Waals surface area contributed by atoms with Gasteiger partial charge in [0.2, 0.25) is 0 Å². The zero-order valence-corrected chi connectivity index (χ0v) is 17.7. The van der Waals surface area contributed by atoms with E-state index in [1.54, 1.807) is 17.5 Å². The number of ether oxygens (including phenoxy) is 1. The van der Waals surface area contributed by atoms with Gasteiger partial charge in [0.15, 0.2) is 0 Å². The number of rotatable bonds is 5. The molecule has 3 aromatic heterocycles. The predicted molar refractivity (Wildman–Crippen MR) is 117 cm³/mol. The van der Waals surface area contributed by atoms with Crippen LogP contribution in [0.3, 0.4) is 0 Å². The molecule has 1 aromatic carbocycles. The van der Waals surface area contributed by atoms with Crippen molar-refractivity contribution in [1.82, 2.24) is 25.2 Å². The average Bonchev–Trinajstić information content (AvgIpc) is 3.50. The fourth-order valence-corrected chi connectivity index (χ4v) is 4.42. The highest BCUT2D eigenvalue weighted by molar-refractivity contribution is 7.11. The molecule has 3 heterocycles. The van der Waals surface area contributed by atoms with Gasteiger partial charge in [-0.05, 0) is 37.1 Å². The van der Waals surface area contributed by atoms with Crippen LogP contribution in [-0.2, 0) is 17.7 Å². The minimum absolute atomic E-state index is 0.197. The predicted octanol–water partition coefficient (Wildman–Crippen LogP) is 4.13. The number of benzene rings is 1. The molecule has 0 bridgehead atoms. The van der Waals surface area contributed by atoms with Crippen LogP contribution in [0.1, 0.15) is 35.4 Å². The number of hydrogen-bond donors (Lipinski definition) is 1. The van der Waals surface area contributed by atoms with Gasteiger partial charge in [0.05, 0.1) is 35.1 Å². The van der Waals surface area contributed by atoms with E-state index >= 15 is 0 Å². The molecule has 0 amide bonds. The van der Waals surface area contributed by atoms with Gasteiger partial charge in [-0.15, -0.1) is 16.4 Å². The summed E-state index contributed by atoms with van der Waals surface area (Å²) in [4.78, 5) is 1.03. The molecule has 0 aliphatic heterocycles. The average molecular weight is 416 g/mol. The molecule has 5 rings (SSSR count). The van der Waals surface area contributed by atoms with Crippen LogP contribution in [-0.4, -0.2) is 37.9 Å². The van der Waals surface area contributed by atoms with Crippen LogP contribution in [0, 0.1) is 11.8 Å². The van der Waals surface area contributed by atoms with E-state index in [0.717, 1.165) is 28.2 Å². The Morgan fingerprint density at radius 1 is 1.30 bits per heavy atom. The molecule has 0 spiro atoms. The van der Waals surface area contributed by atoms with Crippen LogP contribution in [0.2, 0.25) is 0 Å². The molecule has 1 aliphatic rings. The van der Waals surface area contributed by atoms with Crippen molar-refractivity contribution in [3.63, 3.8) is 0 Å². The normalized spacial score (nSPS) is 12.0. The molecule has 0 saturated heterocycles. The minimum Gasteiger partial charge on any atom is -0.366 e. The van der Waals surface area contributed by atoms with Crippen LogP contribution in [0.4, 0.5) is 0 Å².